The number of rotatable bonds is 4. The van der Waals surface area contributed by atoms with Crippen LogP contribution in [0.15, 0.2) is 47.1 Å². The van der Waals surface area contributed by atoms with E-state index in [1.165, 1.54) is 0 Å². The quantitative estimate of drug-likeness (QED) is 0.827. The predicted molar refractivity (Wildman–Crippen MR) is 70.6 cm³/mol. The fraction of sp³-hybridized carbons (Fsp3) is 0.267. The second kappa shape index (κ2) is 5.54. The van der Waals surface area contributed by atoms with Gasteiger partial charge in [-0.3, -0.25) is 4.79 Å². The Labute approximate surface area is 107 Å². The van der Waals surface area contributed by atoms with Crippen LogP contribution in [0.4, 0.5) is 0 Å². The van der Waals surface area contributed by atoms with Crippen LogP contribution < -0.4 is 0 Å². The molecule has 1 aromatic carbocycles. The van der Waals surface area contributed by atoms with Gasteiger partial charge in [0.05, 0.1) is 6.26 Å². The van der Waals surface area contributed by atoms with E-state index in [2.05, 4.69) is 0 Å². The van der Waals surface area contributed by atoms with E-state index in [0.29, 0.717) is 6.54 Å². The summed E-state index contributed by atoms with van der Waals surface area (Å²) in [4.78, 5) is 13.8. The van der Waals surface area contributed by atoms with E-state index < -0.39 is 0 Å². The highest BCUT2D eigenvalue weighted by molar-refractivity contribution is 5.94. The van der Waals surface area contributed by atoms with E-state index >= 15 is 0 Å². The van der Waals surface area contributed by atoms with Crippen LogP contribution in [-0.2, 0) is 6.42 Å². The van der Waals surface area contributed by atoms with Gasteiger partial charge in [0.15, 0.2) is 0 Å². The number of furan rings is 1. The Kier molecular flexibility index (Phi) is 3.82. The van der Waals surface area contributed by atoms with Gasteiger partial charge in [-0.25, -0.2) is 0 Å². The molecule has 0 bridgehead atoms. The molecule has 0 spiro atoms. The topological polar surface area (TPSA) is 33.5 Å². The highest BCUT2D eigenvalue weighted by Crippen LogP contribution is 2.07. The highest BCUT2D eigenvalue weighted by Gasteiger charge is 2.11. The summed E-state index contributed by atoms with van der Waals surface area (Å²) in [5.41, 5.74) is 1.88. The van der Waals surface area contributed by atoms with Gasteiger partial charge in [-0.05, 0) is 31.2 Å². The minimum absolute atomic E-state index is 0.0431. The number of benzene rings is 1. The van der Waals surface area contributed by atoms with Crippen molar-refractivity contribution in [1.82, 2.24) is 4.90 Å². The first kappa shape index (κ1) is 12.4. The Morgan fingerprint density at radius 2 is 1.94 bits per heavy atom. The highest BCUT2D eigenvalue weighted by atomic mass is 16.3. The second-order valence-electron chi connectivity index (χ2n) is 4.42. The summed E-state index contributed by atoms with van der Waals surface area (Å²) < 4.78 is 5.25. The average molecular weight is 243 g/mol. The molecule has 0 aliphatic carbocycles. The van der Waals surface area contributed by atoms with Crippen molar-refractivity contribution in [2.24, 2.45) is 0 Å². The molecule has 1 heterocycles. The molecular formula is C15H17NO2. The van der Waals surface area contributed by atoms with Gasteiger partial charge in [0.2, 0.25) is 0 Å². The van der Waals surface area contributed by atoms with Crippen LogP contribution in [0.1, 0.15) is 21.7 Å². The molecule has 0 aliphatic rings. The van der Waals surface area contributed by atoms with Gasteiger partial charge in [0, 0.05) is 25.6 Å². The first-order valence-corrected chi connectivity index (χ1v) is 6.01. The van der Waals surface area contributed by atoms with Crippen molar-refractivity contribution in [3.05, 3.63) is 59.5 Å². The van der Waals surface area contributed by atoms with Gasteiger partial charge in [-0.15, -0.1) is 0 Å². The molecule has 18 heavy (non-hydrogen) atoms. The summed E-state index contributed by atoms with van der Waals surface area (Å²) in [5.74, 6) is 0.945. The lowest BCUT2D eigenvalue weighted by molar-refractivity contribution is 0.0795. The smallest absolute Gasteiger partial charge is 0.253 e. The number of likely N-dealkylation sites (N-methyl/N-ethyl adjacent to an activating group) is 1. The van der Waals surface area contributed by atoms with Crippen LogP contribution in [0.2, 0.25) is 0 Å². The van der Waals surface area contributed by atoms with Crippen LogP contribution >= 0.6 is 0 Å². The van der Waals surface area contributed by atoms with Crippen LogP contribution in [-0.4, -0.2) is 24.4 Å². The molecule has 2 rings (SSSR count). The van der Waals surface area contributed by atoms with Gasteiger partial charge in [-0.2, -0.15) is 0 Å². The largest absolute Gasteiger partial charge is 0.469 e. The molecule has 3 nitrogen and oxygen atoms in total. The van der Waals surface area contributed by atoms with E-state index in [0.717, 1.165) is 23.3 Å². The normalized spacial score (nSPS) is 10.3. The van der Waals surface area contributed by atoms with E-state index in [4.69, 9.17) is 4.42 Å². The zero-order chi connectivity index (χ0) is 13.0. The van der Waals surface area contributed by atoms with Gasteiger partial charge in [0.25, 0.3) is 5.91 Å². The number of nitrogens with zero attached hydrogens (tertiary/aromatic N) is 1. The molecule has 0 fully saturated rings. The van der Waals surface area contributed by atoms with E-state index in [9.17, 15) is 4.79 Å². The second-order valence-corrected chi connectivity index (χ2v) is 4.42. The van der Waals surface area contributed by atoms with Crippen molar-refractivity contribution in [2.45, 2.75) is 13.3 Å². The molecule has 0 saturated heterocycles. The van der Waals surface area contributed by atoms with Crippen LogP contribution in [0, 0.1) is 6.92 Å². The minimum Gasteiger partial charge on any atom is -0.469 e. The number of carbonyl (C=O) groups excluding carboxylic acids is 1. The van der Waals surface area contributed by atoms with Crippen molar-refractivity contribution in [3.63, 3.8) is 0 Å². The molecule has 1 aromatic heterocycles. The first-order chi connectivity index (χ1) is 8.66. The Morgan fingerprint density at radius 1 is 1.22 bits per heavy atom. The van der Waals surface area contributed by atoms with Gasteiger partial charge >= 0.3 is 0 Å². The Bertz CT molecular complexity index is 500. The number of amides is 1. The summed E-state index contributed by atoms with van der Waals surface area (Å²) in [6.45, 7) is 2.66. The van der Waals surface area contributed by atoms with Crippen molar-refractivity contribution in [1.29, 1.82) is 0 Å². The summed E-state index contributed by atoms with van der Waals surface area (Å²) in [6.07, 6.45) is 2.39. The molecule has 2 aromatic rings. The third kappa shape index (κ3) is 3.00. The molecule has 3 heteroatoms. The molecule has 0 aliphatic heterocycles. The summed E-state index contributed by atoms with van der Waals surface area (Å²) >= 11 is 0. The van der Waals surface area contributed by atoms with Crippen molar-refractivity contribution in [2.75, 3.05) is 13.6 Å². The molecule has 1 amide bonds. The standard InChI is InChI=1S/C15H17NO2/c1-12-5-7-13(8-6-12)15(17)16(2)10-9-14-4-3-11-18-14/h3-8,11H,9-10H2,1-2H3. The SMILES string of the molecule is Cc1ccc(C(=O)N(C)CCc2ccco2)cc1. The van der Waals surface area contributed by atoms with E-state index in [-0.39, 0.29) is 5.91 Å². The van der Waals surface area contributed by atoms with Crippen LogP contribution in [0.5, 0.6) is 0 Å². The zero-order valence-electron chi connectivity index (χ0n) is 10.7. The average Bonchev–Trinajstić information content (AvgIpc) is 2.89. The lowest BCUT2D eigenvalue weighted by Crippen LogP contribution is -2.28. The Hall–Kier alpha value is -2.03. The van der Waals surface area contributed by atoms with Crippen molar-refractivity contribution < 1.29 is 9.21 Å². The third-order valence-corrected chi connectivity index (χ3v) is 2.92. The molecule has 0 atom stereocenters. The number of hydrogen-bond donors (Lipinski definition) is 0. The fourth-order valence-corrected chi connectivity index (χ4v) is 1.75. The predicted octanol–water partition coefficient (Wildman–Crippen LogP) is 2.90. The Morgan fingerprint density at radius 3 is 2.56 bits per heavy atom. The Balaban J connectivity index is 1.94. The van der Waals surface area contributed by atoms with E-state index in [1.54, 1.807) is 11.2 Å². The first-order valence-electron chi connectivity index (χ1n) is 6.01. The van der Waals surface area contributed by atoms with Gasteiger partial charge in [0.1, 0.15) is 5.76 Å². The molecular weight excluding hydrogens is 226 g/mol. The monoisotopic (exact) mass is 243 g/mol. The van der Waals surface area contributed by atoms with Gasteiger partial charge < -0.3 is 9.32 Å². The zero-order valence-corrected chi connectivity index (χ0v) is 10.7. The lowest BCUT2D eigenvalue weighted by atomic mass is 10.1. The summed E-state index contributed by atoms with van der Waals surface area (Å²) in [5, 5.41) is 0. The molecule has 0 saturated carbocycles. The lowest BCUT2D eigenvalue weighted by Gasteiger charge is -2.16. The molecule has 94 valence electrons. The molecule has 0 unspecified atom stereocenters. The van der Waals surface area contributed by atoms with E-state index in [1.807, 2.05) is 50.4 Å². The minimum atomic E-state index is 0.0431. The maximum absolute atomic E-state index is 12.1. The van der Waals surface area contributed by atoms with Crippen molar-refractivity contribution in [3.8, 4) is 0 Å². The van der Waals surface area contributed by atoms with Crippen LogP contribution in [0.25, 0.3) is 0 Å². The summed E-state index contributed by atoms with van der Waals surface area (Å²) in [6, 6.07) is 11.4. The van der Waals surface area contributed by atoms with Gasteiger partial charge in [-0.1, -0.05) is 17.7 Å². The number of carbonyl (C=O) groups is 1. The third-order valence-electron chi connectivity index (χ3n) is 2.92. The number of aryl methyl sites for hydroxylation is 1. The molecule has 0 radical (unpaired) electrons. The summed E-state index contributed by atoms with van der Waals surface area (Å²) in [7, 11) is 1.81. The maximum atomic E-state index is 12.1. The number of hydrogen-bond acceptors (Lipinski definition) is 2. The fourth-order valence-electron chi connectivity index (χ4n) is 1.75. The molecule has 0 N–H and O–H groups in total. The maximum Gasteiger partial charge on any atom is 0.253 e. The van der Waals surface area contributed by atoms with Crippen molar-refractivity contribution >= 4 is 5.91 Å². The van der Waals surface area contributed by atoms with Crippen LogP contribution in [0.3, 0.4) is 0 Å².